The third kappa shape index (κ3) is 5.19. The van der Waals surface area contributed by atoms with Gasteiger partial charge in [-0.05, 0) is 38.2 Å². The van der Waals surface area contributed by atoms with Gasteiger partial charge in [0, 0.05) is 45.2 Å². The van der Waals surface area contributed by atoms with Crippen LogP contribution >= 0.6 is 0 Å². The molecule has 3 heterocycles. The van der Waals surface area contributed by atoms with Crippen molar-refractivity contribution in [1.29, 1.82) is 0 Å². The fourth-order valence-electron chi connectivity index (χ4n) is 4.63. The largest absolute Gasteiger partial charge is 0.354 e. The number of aromatic nitrogens is 3. The van der Waals surface area contributed by atoms with Gasteiger partial charge in [0.05, 0.1) is 6.54 Å². The van der Waals surface area contributed by atoms with E-state index in [1.807, 2.05) is 7.05 Å². The maximum absolute atomic E-state index is 4.45. The van der Waals surface area contributed by atoms with Gasteiger partial charge in [-0.3, -0.25) is 9.89 Å². The number of nitrogens with zero attached hydrogens (tertiary/aromatic N) is 5. The van der Waals surface area contributed by atoms with Crippen LogP contribution in [0.25, 0.3) is 0 Å². The van der Waals surface area contributed by atoms with Crippen LogP contribution < -0.4 is 10.6 Å². The zero-order valence-corrected chi connectivity index (χ0v) is 18.3. The number of likely N-dealkylation sites (tertiary alicyclic amines) is 1. The van der Waals surface area contributed by atoms with Crippen LogP contribution in [0.1, 0.15) is 56.2 Å². The Hall–Kier alpha value is -2.41. The summed E-state index contributed by atoms with van der Waals surface area (Å²) in [4.78, 5) is 7.03. The number of piperidine rings is 1. The van der Waals surface area contributed by atoms with E-state index in [0.717, 1.165) is 56.5 Å². The van der Waals surface area contributed by atoms with Crippen molar-refractivity contribution in [3.05, 3.63) is 47.5 Å². The first-order valence-electron chi connectivity index (χ1n) is 11.4. The lowest BCUT2D eigenvalue weighted by molar-refractivity contribution is 0.134. The van der Waals surface area contributed by atoms with Gasteiger partial charge in [-0.2, -0.15) is 0 Å². The van der Waals surface area contributed by atoms with Gasteiger partial charge in [-0.1, -0.05) is 36.8 Å². The van der Waals surface area contributed by atoms with Crippen molar-refractivity contribution in [3.8, 4) is 0 Å². The van der Waals surface area contributed by atoms with Crippen molar-refractivity contribution >= 4 is 5.96 Å². The minimum Gasteiger partial charge on any atom is -0.354 e. The van der Waals surface area contributed by atoms with E-state index in [-0.39, 0.29) is 0 Å². The smallest absolute Gasteiger partial charge is 0.191 e. The van der Waals surface area contributed by atoms with E-state index in [4.69, 9.17) is 0 Å². The fourth-order valence-corrected chi connectivity index (χ4v) is 4.63. The first kappa shape index (κ1) is 20.8. The molecule has 4 rings (SSSR count). The minimum absolute atomic E-state index is 0.439. The van der Waals surface area contributed by atoms with E-state index in [1.54, 1.807) is 0 Å². The molecule has 0 bridgehead atoms. The lowest BCUT2D eigenvalue weighted by atomic mass is 9.97. The maximum Gasteiger partial charge on any atom is 0.191 e. The molecular formula is C23H35N7. The Bertz CT molecular complexity index is 829. The second kappa shape index (κ2) is 10.1. The highest BCUT2D eigenvalue weighted by atomic mass is 15.3. The first-order valence-corrected chi connectivity index (χ1v) is 11.4. The summed E-state index contributed by atoms with van der Waals surface area (Å²) < 4.78 is 2.29. The summed E-state index contributed by atoms with van der Waals surface area (Å²) in [6.45, 7) is 6.15. The normalized spacial score (nSPS) is 22.9. The minimum atomic E-state index is 0.439. The van der Waals surface area contributed by atoms with E-state index in [9.17, 15) is 0 Å². The van der Waals surface area contributed by atoms with Crippen LogP contribution in [0.4, 0.5) is 0 Å². The number of aryl methyl sites for hydroxylation is 1. The van der Waals surface area contributed by atoms with Crippen LogP contribution in [0.15, 0.2) is 35.3 Å². The Morgan fingerprint density at radius 3 is 2.80 bits per heavy atom. The Kier molecular flexibility index (Phi) is 7.00. The van der Waals surface area contributed by atoms with E-state index < -0.39 is 0 Å². The second-order valence-corrected chi connectivity index (χ2v) is 8.59. The second-order valence-electron chi connectivity index (χ2n) is 8.59. The van der Waals surface area contributed by atoms with Crippen LogP contribution in [0, 0.1) is 0 Å². The molecule has 7 nitrogen and oxygen atoms in total. The molecule has 2 aliphatic heterocycles. The van der Waals surface area contributed by atoms with Crippen LogP contribution in [0.3, 0.4) is 0 Å². The fraction of sp³-hybridized carbons (Fsp3) is 0.609. The van der Waals surface area contributed by atoms with Crippen LogP contribution in [0.5, 0.6) is 0 Å². The van der Waals surface area contributed by atoms with Gasteiger partial charge in [-0.25, -0.2) is 0 Å². The Labute approximate surface area is 180 Å². The molecule has 2 aromatic rings. The van der Waals surface area contributed by atoms with Crippen molar-refractivity contribution in [2.75, 3.05) is 13.6 Å². The van der Waals surface area contributed by atoms with Gasteiger partial charge < -0.3 is 15.2 Å². The maximum atomic E-state index is 4.45. The molecule has 0 radical (unpaired) electrons. The molecule has 30 heavy (non-hydrogen) atoms. The molecule has 0 amide bonds. The average molecular weight is 410 g/mol. The van der Waals surface area contributed by atoms with Crippen LogP contribution in [-0.2, 0) is 26.1 Å². The number of nitrogens with one attached hydrogen (secondary N) is 2. The molecule has 162 valence electrons. The summed E-state index contributed by atoms with van der Waals surface area (Å²) in [5.74, 6) is 3.00. The molecule has 2 unspecified atom stereocenters. The molecule has 1 aromatic heterocycles. The van der Waals surface area contributed by atoms with Gasteiger partial charge in [0.1, 0.15) is 5.82 Å². The van der Waals surface area contributed by atoms with Gasteiger partial charge >= 0.3 is 0 Å². The molecule has 1 saturated heterocycles. The standard InChI is InChI=1S/C23H35N7/c1-18-15-20(12-14-29(18)17-19-9-5-3-6-10-19)26-23(24-2)25-16-22-28-27-21-11-7-4-8-13-30(21)22/h3,5-6,9-10,18,20H,4,7-8,11-17H2,1-2H3,(H2,24,25,26). The molecule has 1 fully saturated rings. The van der Waals surface area contributed by atoms with Crippen molar-refractivity contribution < 1.29 is 0 Å². The number of hydrogen-bond donors (Lipinski definition) is 2. The molecule has 1 aromatic carbocycles. The van der Waals surface area contributed by atoms with Gasteiger partial charge in [0.25, 0.3) is 0 Å². The first-order chi connectivity index (χ1) is 14.7. The predicted octanol–water partition coefficient (Wildman–Crippen LogP) is 2.72. The van der Waals surface area contributed by atoms with Crippen LogP contribution in [0.2, 0.25) is 0 Å². The van der Waals surface area contributed by atoms with Gasteiger partial charge in [0.15, 0.2) is 11.8 Å². The van der Waals surface area contributed by atoms with Crippen molar-refractivity contribution in [1.82, 2.24) is 30.3 Å². The van der Waals surface area contributed by atoms with Crippen molar-refractivity contribution in [2.45, 2.75) is 77.2 Å². The number of rotatable bonds is 5. The molecule has 2 atom stereocenters. The highest BCUT2D eigenvalue weighted by molar-refractivity contribution is 5.79. The molecule has 0 spiro atoms. The molecule has 2 N–H and O–H groups in total. The van der Waals surface area contributed by atoms with Gasteiger partial charge in [-0.15, -0.1) is 10.2 Å². The lowest BCUT2D eigenvalue weighted by Gasteiger charge is -2.38. The lowest BCUT2D eigenvalue weighted by Crippen LogP contribution is -2.51. The zero-order valence-electron chi connectivity index (χ0n) is 18.3. The third-order valence-corrected chi connectivity index (χ3v) is 6.41. The van der Waals surface area contributed by atoms with Crippen LogP contribution in [-0.4, -0.2) is 51.3 Å². The van der Waals surface area contributed by atoms with Crippen molar-refractivity contribution in [3.63, 3.8) is 0 Å². The number of aliphatic imine (C=N–C) groups is 1. The van der Waals surface area contributed by atoms with E-state index >= 15 is 0 Å². The Morgan fingerprint density at radius 2 is 2.00 bits per heavy atom. The summed E-state index contributed by atoms with van der Waals surface area (Å²) in [5, 5.41) is 15.9. The zero-order chi connectivity index (χ0) is 20.8. The summed E-state index contributed by atoms with van der Waals surface area (Å²) in [6.07, 6.45) is 6.99. The van der Waals surface area contributed by atoms with E-state index in [0.29, 0.717) is 18.6 Å². The monoisotopic (exact) mass is 409 g/mol. The highest BCUT2D eigenvalue weighted by Gasteiger charge is 2.26. The molecule has 7 heteroatoms. The number of hydrogen-bond acceptors (Lipinski definition) is 4. The summed E-state index contributed by atoms with van der Waals surface area (Å²) in [6, 6.07) is 11.7. The molecule has 2 aliphatic rings. The topological polar surface area (TPSA) is 70.4 Å². The summed E-state index contributed by atoms with van der Waals surface area (Å²) in [5.41, 5.74) is 1.39. The average Bonchev–Trinajstić information content (AvgIpc) is 2.99. The summed E-state index contributed by atoms with van der Waals surface area (Å²) in [7, 11) is 1.84. The number of benzene rings is 1. The van der Waals surface area contributed by atoms with Crippen molar-refractivity contribution in [2.24, 2.45) is 4.99 Å². The molecular weight excluding hydrogens is 374 g/mol. The molecule has 0 saturated carbocycles. The molecule has 0 aliphatic carbocycles. The van der Waals surface area contributed by atoms with E-state index in [2.05, 4.69) is 72.5 Å². The number of fused-ring (bicyclic) bond motifs is 1. The van der Waals surface area contributed by atoms with E-state index in [1.165, 1.54) is 24.8 Å². The Balaban J connectivity index is 1.27. The predicted molar refractivity (Wildman–Crippen MR) is 120 cm³/mol. The quantitative estimate of drug-likeness (QED) is 0.587. The SMILES string of the molecule is CN=C(NCc1nnc2n1CCCCC2)NC1CCN(Cc2ccccc2)C(C)C1. The summed E-state index contributed by atoms with van der Waals surface area (Å²) >= 11 is 0. The third-order valence-electron chi connectivity index (χ3n) is 6.41. The number of guanidine groups is 1. The van der Waals surface area contributed by atoms with Gasteiger partial charge in [0.2, 0.25) is 0 Å². The Morgan fingerprint density at radius 1 is 1.13 bits per heavy atom. The highest BCUT2D eigenvalue weighted by Crippen LogP contribution is 2.20.